The first-order chi connectivity index (χ1) is 15.7. The van der Waals surface area contributed by atoms with Gasteiger partial charge in [-0.25, -0.2) is 13.2 Å². The Labute approximate surface area is 198 Å². The Balaban J connectivity index is 1.86. The minimum Gasteiger partial charge on any atom is -0.496 e. The first-order valence-corrected chi connectivity index (χ1v) is 12.4. The van der Waals surface area contributed by atoms with Gasteiger partial charge >= 0.3 is 5.97 Å². The highest BCUT2D eigenvalue weighted by Crippen LogP contribution is 2.29. The van der Waals surface area contributed by atoms with E-state index in [0.29, 0.717) is 24.7 Å². The number of carbonyl (C=O) groups excluding carboxylic acids is 2. The second-order valence-electron chi connectivity index (χ2n) is 7.82. The van der Waals surface area contributed by atoms with Gasteiger partial charge in [0.2, 0.25) is 10.0 Å². The van der Waals surface area contributed by atoms with Crippen LogP contribution < -0.4 is 10.1 Å². The van der Waals surface area contributed by atoms with Crippen LogP contribution in [0.25, 0.3) is 0 Å². The summed E-state index contributed by atoms with van der Waals surface area (Å²) >= 11 is 6.17. The Morgan fingerprint density at radius 3 is 2.42 bits per heavy atom. The zero-order valence-electron chi connectivity index (χ0n) is 18.8. The van der Waals surface area contributed by atoms with Crippen molar-refractivity contribution in [2.24, 2.45) is 5.92 Å². The number of hydrogen-bond acceptors (Lipinski definition) is 6. The summed E-state index contributed by atoms with van der Waals surface area (Å²) in [6.45, 7) is 4.90. The van der Waals surface area contributed by atoms with Crippen molar-refractivity contribution >= 4 is 39.2 Å². The number of sulfonamides is 1. The third-order valence-corrected chi connectivity index (χ3v) is 7.73. The van der Waals surface area contributed by atoms with E-state index < -0.39 is 21.9 Å². The average Bonchev–Trinajstić information content (AvgIpc) is 2.79. The Kier molecular flexibility index (Phi) is 7.99. The van der Waals surface area contributed by atoms with Gasteiger partial charge in [0.15, 0.2) is 0 Å². The molecular formula is C23H27ClN2O6S. The predicted octanol–water partition coefficient (Wildman–Crippen LogP) is 4.20. The van der Waals surface area contributed by atoms with Crippen LogP contribution in [0.3, 0.4) is 0 Å². The van der Waals surface area contributed by atoms with Gasteiger partial charge < -0.3 is 14.8 Å². The van der Waals surface area contributed by atoms with Crippen LogP contribution >= 0.6 is 11.6 Å². The van der Waals surface area contributed by atoms with Crippen molar-refractivity contribution in [2.75, 3.05) is 32.1 Å². The minimum absolute atomic E-state index is 0.0266. The van der Waals surface area contributed by atoms with Gasteiger partial charge in [-0.05, 0) is 62.1 Å². The van der Waals surface area contributed by atoms with Gasteiger partial charge in [-0.2, -0.15) is 4.31 Å². The van der Waals surface area contributed by atoms with Crippen molar-refractivity contribution in [2.45, 2.75) is 31.6 Å². The zero-order valence-corrected chi connectivity index (χ0v) is 20.3. The SMILES string of the molecule is CCOC(=O)c1ccc(NC(=O)c2cc(S(=O)(=O)N3CCC(C)CC3)ccc2OC)cc1Cl. The van der Waals surface area contributed by atoms with Crippen molar-refractivity contribution in [3.63, 3.8) is 0 Å². The van der Waals surface area contributed by atoms with Crippen LogP contribution in [0.15, 0.2) is 41.3 Å². The number of nitrogens with zero attached hydrogens (tertiary/aromatic N) is 1. The number of benzene rings is 2. The van der Waals surface area contributed by atoms with Gasteiger partial charge in [0.1, 0.15) is 5.75 Å². The fourth-order valence-corrected chi connectivity index (χ4v) is 5.32. The molecule has 1 saturated heterocycles. The number of carbonyl (C=O) groups is 2. The molecule has 1 aliphatic heterocycles. The Bertz CT molecular complexity index is 1140. The van der Waals surface area contributed by atoms with Crippen LogP contribution in [0.2, 0.25) is 5.02 Å². The lowest BCUT2D eigenvalue weighted by atomic mass is 10.0. The second-order valence-corrected chi connectivity index (χ2v) is 10.2. The summed E-state index contributed by atoms with van der Waals surface area (Å²) in [5.74, 6) is -0.424. The summed E-state index contributed by atoms with van der Waals surface area (Å²) in [4.78, 5) is 24.9. The molecule has 1 heterocycles. The molecule has 0 spiro atoms. The van der Waals surface area contributed by atoms with E-state index in [1.165, 1.54) is 47.8 Å². The van der Waals surface area contributed by atoms with Gasteiger partial charge in [-0.1, -0.05) is 18.5 Å². The molecule has 0 aromatic heterocycles. The molecule has 0 bridgehead atoms. The number of hydrogen-bond donors (Lipinski definition) is 1. The summed E-state index contributed by atoms with van der Waals surface area (Å²) < 4.78 is 37.9. The normalized spacial score (nSPS) is 15.2. The fourth-order valence-electron chi connectivity index (χ4n) is 3.56. The number of methoxy groups -OCH3 is 1. The van der Waals surface area contributed by atoms with Gasteiger partial charge in [0, 0.05) is 18.8 Å². The van der Waals surface area contributed by atoms with E-state index in [2.05, 4.69) is 12.2 Å². The van der Waals surface area contributed by atoms with Gasteiger partial charge in [0.25, 0.3) is 5.91 Å². The quantitative estimate of drug-likeness (QED) is 0.579. The molecule has 0 radical (unpaired) electrons. The lowest BCUT2D eigenvalue weighted by molar-refractivity contribution is 0.0526. The zero-order chi connectivity index (χ0) is 24.2. The molecule has 1 N–H and O–H groups in total. The first-order valence-electron chi connectivity index (χ1n) is 10.6. The smallest absolute Gasteiger partial charge is 0.339 e. The largest absolute Gasteiger partial charge is 0.496 e. The second kappa shape index (κ2) is 10.5. The minimum atomic E-state index is -3.74. The first kappa shape index (κ1) is 25.0. The molecule has 178 valence electrons. The molecule has 10 heteroatoms. The summed E-state index contributed by atoms with van der Waals surface area (Å²) in [5.41, 5.74) is 0.575. The molecule has 33 heavy (non-hydrogen) atoms. The Hall–Kier alpha value is -2.62. The van der Waals surface area contributed by atoms with E-state index in [4.69, 9.17) is 21.1 Å². The van der Waals surface area contributed by atoms with E-state index in [1.807, 2.05) is 0 Å². The van der Waals surface area contributed by atoms with Gasteiger partial charge in [-0.3, -0.25) is 4.79 Å². The molecular weight excluding hydrogens is 468 g/mol. The standard InChI is InChI=1S/C23H27ClN2O6S/c1-4-32-23(28)18-7-5-16(13-20(18)24)25-22(27)19-14-17(6-8-21(19)31-3)33(29,30)26-11-9-15(2)10-12-26/h5-8,13-15H,4,9-12H2,1-3H3,(H,25,27). The topological polar surface area (TPSA) is 102 Å². The summed E-state index contributed by atoms with van der Waals surface area (Å²) in [5, 5.41) is 2.79. The predicted molar refractivity (Wildman–Crippen MR) is 126 cm³/mol. The van der Waals surface area contributed by atoms with Crippen molar-refractivity contribution < 1.29 is 27.5 Å². The molecule has 0 unspecified atom stereocenters. The highest BCUT2D eigenvalue weighted by Gasteiger charge is 2.29. The van der Waals surface area contributed by atoms with Crippen molar-refractivity contribution in [3.05, 3.63) is 52.5 Å². The van der Waals surface area contributed by atoms with Gasteiger partial charge in [-0.15, -0.1) is 0 Å². The number of amides is 1. The molecule has 0 aliphatic carbocycles. The highest BCUT2D eigenvalue weighted by atomic mass is 35.5. The number of esters is 1. The van der Waals surface area contributed by atoms with E-state index >= 15 is 0 Å². The number of rotatable bonds is 7. The lowest BCUT2D eigenvalue weighted by Gasteiger charge is -2.29. The molecule has 0 atom stereocenters. The lowest BCUT2D eigenvalue weighted by Crippen LogP contribution is -2.37. The molecule has 3 rings (SSSR count). The number of nitrogens with one attached hydrogen (secondary N) is 1. The Morgan fingerprint density at radius 2 is 1.82 bits per heavy atom. The highest BCUT2D eigenvalue weighted by molar-refractivity contribution is 7.89. The van der Waals surface area contributed by atoms with E-state index in [1.54, 1.807) is 6.92 Å². The number of piperidine rings is 1. The monoisotopic (exact) mass is 494 g/mol. The third-order valence-electron chi connectivity index (χ3n) is 5.52. The summed E-state index contributed by atoms with van der Waals surface area (Å²) in [6, 6.07) is 8.60. The van der Waals surface area contributed by atoms with Crippen molar-refractivity contribution in [1.29, 1.82) is 0 Å². The molecule has 8 nitrogen and oxygen atoms in total. The van der Waals surface area contributed by atoms with Crippen LogP contribution in [0.1, 0.15) is 47.4 Å². The maximum absolute atomic E-state index is 13.1. The molecule has 2 aromatic carbocycles. The number of halogens is 1. The molecule has 1 aliphatic rings. The van der Waals surface area contributed by atoms with Gasteiger partial charge in [0.05, 0.1) is 34.8 Å². The van der Waals surface area contributed by atoms with Crippen LogP contribution in [-0.2, 0) is 14.8 Å². The van der Waals surface area contributed by atoms with Crippen molar-refractivity contribution in [1.82, 2.24) is 4.31 Å². The summed E-state index contributed by atoms with van der Waals surface area (Å²) in [7, 11) is -2.34. The maximum Gasteiger partial charge on any atom is 0.339 e. The van der Waals surface area contributed by atoms with Crippen LogP contribution in [0.4, 0.5) is 5.69 Å². The third kappa shape index (κ3) is 5.66. The van der Waals surface area contributed by atoms with E-state index in [9.17, 15) is 18.0 Å². The molecule has 2 aromatic rings. The average molecular weight is 495 g/mol. The molecule has 1 fully saturated rings. The maximum atomic E-state index is 13.1. The number of anilines is 1. The van der Waals surface area contributed by atoms with Crippen LogP contribution in [-0.4, -0.2) is 51.4 Å². The summed E-state index contributed by atoms with van der Waals surface area (Å²) in [6.07, 6.45) is 1.59. The van der Waals surface area contributed by atoms with Crippen LogP contribution in [0.5, 0.6) is 5.75 Å². The molecule has 0 saturated carbocycles. The van der Waals surface area contributed by atoms with E-state index in [-0.39, 0.29) is 33.4 Å². The van der Waals surface area contributed by atoms with Crippen molar-refractivity contribution in [3.8, 4) is 5.75 Å². The molecule has 1 amide bonds. The fraction of sp³-hybridized carbons (Fsp3) is 0.391. The Morgan fingerprint density at radius 1 is 1.12 bits per heavy atom. The number of ether oxygens (including phenoxy) is 2. The van der Waals surface area contributed by atoms with Crippen LogP contribution in [0, 0.1) is 5.92 Å². The van der Waals surface area contributed by atoms with E-state index in [0.717, 1.165) is 12.8 Å².